The van der Waals surface area contributed by atoms with Crippen LogP contribution in [0, 0.1) is 0 Å². The van der Waals surface area contributed by atoms with Gasteiger partial charge in [-0.05, 0) is 70.6 Å². The standard InChI is InChI=1S/C66H116O6/c1-4-7-10-13-16-19-22-24-26-27-28-29-30-31-32-33-34-35-36-37-38-39-40-42-44-47-50-53-56-59-65(68)71-62-63(61-70-64(67)58-55-52-49-46-43-21-18-15-12-9-6-3)72-66(69)60-57-54-51-48-45-41-25-23-20-17-14-11-8-5-2/h7,10,16,19,24,26,28-29,31-32,34-35,63H,4-6,8-9,11-15,17-18,20-23,25,27,30,33,36-62H2,1-3H3/b10-7-,19-16-,26-24-,29-28-,32-31-,35-34-. The first-order valence-corrected chi connectivity index (χ1v) is 30.9. The van der Waals surface area contributed by atoms with Crippen LogP contribution in [0.1, 0.15) is 310 Å². The molecule has 0 saturated carbocycles. The van der Waals surface area contributed by atoms with Crippen LogP contribution in [-0.4, -0.2) is 37.2 Å². The zero-order valence-corrected chi connectivity index (χ0v) is 47.7. The van der Waals surface area contributed by atoms with Gasteiger partial charge in [0.2, 0.25) is 0 Å². The third-order valence-corrected chi connectivity index (χ3v) is 13.5. The minimum atomic E-state index is -0.772. The monoisotopic (exact) mass is 1000 g/mol. The Balaban J connectivity index is 4.20. The molecule has 0 aromatic carbocycles. The average Bonchev–Trinajstić information content (AvgIpc) is 3.38. The van der Waals surface area contributed by atoms with Crippen molar-refractivity contribution in [3.63, 3.8) is 0 Å². The highest BCUT2D eigenvalue weighted by Gasteiger charge is 2.19. The highest BCUT2D eigenvalue weighted by Crippen LogP contribution is 2.17. The largest absolute Gasteiger partial charge is 0.462 e. The average molecular weight is 1010 g/mol. The lowest BCUT2D eigenvalue weighted by molar-refractivity contribution is -0.167. The van der Waals surface area contributed by atoms with Gasteiger partial charge in [-0.3, -0.25) is 14.4 Å². The van der Waals surface area contributed by atoms with E-state index in [9.17, 15) is 14.4 Å². The summed E-state index contributed by atoms with van der Waals surface area (Å²) in [7, 11) is 0. The molecular weight excluding hydrogens is 889 g/mol. The van der Waals surface area contributed by atoms with Crippen LogP contribution in [0.3, 0.4) is 0 Å². The van der Waals surface area contributed by atoms with Crippen molar-refractivity contribution in [2.75, 3.05) is 13.2 Å². The molecule has 0 spiro atoms. The van der Waals surface area contributed by atoms with Gasteiger partial charge in [-0.15, -0.1) is 0 Å². The van der Waals surface area contributed by atoms with E-state index in [2.05, 4.69) is 93.7 Å². The molecule has 6 heteroatoms. The van der Waals surface area contributed by atoms with Crippen molar-refractivity contribution in [3.05, 3.63) is 72.9 Å². The highest BCUT2D eigenvalue weighted by molar-refractivity contribution is 5.71. The minimum Gasteiger partial charge on any atom is -0.462 e. The fraction of sp³-hybridized carbons (Fsp3) is 0.773. The van der Waals surface area contributed by atoms with Crippen molar-refractivity contribution < 1.29 is 28.6 Å². The molecule has 0 aliphatic heterocycles. The zero-order chi connectivity index (χ0) is 52.2. The molecule has 1 unspecified atom stereocenters. The molecule has 6 nitrogen and oxygen atoms in total. The molecule has 0 aromatic heterocycles. The summed E-state index contributed by atoms with van der Waals surface area (Å²) in [6.45, 7) is 6.55. The maximum Gasteiger partial charge on any atom is 0.306 e. The lowest BCUT2D eigenvalue weighted by Gasteiger charge is -2.18. The molecule has 0 aliphatic carbocycles. The Morgan fingerprint density at radius 2 is 0.542 bits per heavy atom. The lowest BCUT2D eigenvalue weighted by atomic mass is 10.0. The van der Waals surface area contributed by atoms with E-state index >= 15 is 0 Å². The van der Waals surface area contributed by atoms with Crippen LogP contribution in [0.25, 0.3) is 0 Å². The number of ether oxygens (including phenoxy) is 3. The summed E-state index contributed by atoms with van der Waals surface area (Å²) in [6, 6.07) is 0. The van der Waals surface area contributed by atoms with Crippen LogP contribution in [-0.2, 0) is 28.6 Å². The second-order valence-corrected chi connectivity index (χ2v) is 20.6. The number of unbranched alkanes of at least 4 members (excludes halogenated alkanes) is 33. The summed E-state index contributed by atoms with van der Waals surface area (Å²) in [4.78, 5) is 38.1. The van der Waals surface area contributed by atoms with Gasteiger partial charge in [0.15, 0.2) is 6.10 Å². The molecule has 1 atom stereocenters. The first-order valence-electron chi connectivity index (χ1n) is 30.9. The molecule has 0 fully saturated rings. The second-order valence-electron chi connectivity index (χ2n) is 20.6. The normalized spacial score (nSPS) is 12.5. The number of esters is 3. The molecule has 0 radical (unpaired) electrons. The van der Waals surface area contributed by atoms with E-state index in [-0.39, 0.29) is 31.1 Å². The third kappa shape index (κ3) is 57.7. The van der Waals surface area contributed by atoms with Gasteiger partial charge in [0.1, 0.15) is 13.2 Å². The van der Waals surface area contributed by atoms with Crippen LogP contribution < -0.4 is 0 Å². The smallest absolute Gasteiger partial charge is 0.306 e. The first-order chi connectivity index (χ1) is 35.5. The molecule has 0 saturated heterocycles. The van der Waals surface area contributed by atoms with Crippen molar-refractivity contribution >= 4 is 17.9 Å². The Morgan fingerprint density at radius 3 is 0.847 bits per heavy atom. The molecule has 416 valence electrons. The fourth-order valence-corrected chi connectivity index (χ4v) is 8.86. The minimum absolute atomic E-state index is 0.0713. The lowest BCUT2D eigenvalue weighted by Crippen LogP contribution is -2.30. The van der Waals surface area contributed by atoms with Crippen molar-refractivity contribution in [3.8, 4) is 0 Å². The van der Waals surface area contributed by atoms with E-state index in [0.717, 1.165) is 96.3 Å². The maximum atomic E-state index is 12.8. The number of carbonyl (C=O) groups is 3. The van der Waals surface area contributed by atoms with Crippen molar-refractivity contribution in [2.24, 2.45) is 0 Å². The van der Waals surface area contributed by atoms with Crippen LogP contribution in [0.5, 0.6) is 0 Å². The molecule has 0 N–H and O–H groups in total. The molecular formula is C66H116O6. The number of hydrogen-bond donors (Lipinski definition) is 0. The predicted molar refractivity (Wildman–Crippen MR) is 311 cm³/mol. The topological polar surface area (TPSA) is 78.9 Å². The second kappa shape index (κ2) is 60.4. The number of allylic oxidation sites excluding steroid dienone is 12. The molecule has 0 aliphatic rings. The SMILES string of the molecule is CC/C=C\C/C=C\C/C=C\C/C=C\C/C=C\C/C=C\CCCCCCCCCCCCC(=O)OCC(COC(=O)CCCCCCCCCCCCC)OC(=O)CCCCCCCCCCCCCCCC. The summed E-state index contributed by atoms with van der Waals surface area (Å²) in [5.41, 5.74) is 0. The quantitative estimate of drug-likeness (QED) is 0.0261. The molecule has 0 heterocycles. The molecule has 0 aromatic rings. The number of rotatable bonds is 56. The van der Waals surface area contributed by atoms with E-state index in [0.29, 0.717) is 19.3 Å². The van der Waals surface area contributed by atoms with Gasteiger partial charge < -0.3 is 14.2 Å². The number of carbonyl (C=O) groups excluding carboxylic acids is 3. The van der Waals surface area contributed by atoms with Crippen molar-refractivity contribution in [1.82, 2.24) is 0 Å². The van der Waals surface area contributed by atoms with Crippen molar-refractivity contribution in [2.45, 2.75) is 316 Å². The maximum absolute atomic E-state index is 12.8. The van der Waals surface area contributed by atoms with E-state index in [1.165, 1.54) is 173 Å². The van der Waals surface area contributed by atoms with Gasteiger partial charge in [0, 0.05) is 19.3 Å². The Bertz CT molecular complexity index is 1340. The molecule has 0 rings (SSSR count). The molecule has 72 heavy (non-hydrogen) atoms. The Hall–Kier alpha value is -3.15. The Morgan fingerprint density at radius 1 is 0.292 bits per heavy atom. The van der Waals surface area contributed by atoms with Gasteiger partial charge in [-0.1, -0.05) is 293 Å². The van der Waals surface area contributed by atoms with E-state index in [1.807, 2.05) is 0 Å². The van der Waals surface area contributed by atoms with Crippen LogP contribution in [0.2, 0.25) is 0 Å². The van der Waals surface area contributed by atoms with Crippen molar-refractivity contribution in [1.29, 1.82) is 0 Å². The van der Waals surface area contributed by atoms with Crippen LogP contribution in [0.4, 0.5) is 0 Å². The third-order valence-electron chi connectivity index (χ3n) is 13.5. The summed E-state index contributed by atoms with van der Waals surface area (Å²) in [5.74, 6) is -0.862. The Kier molecular flexibility index (Phi) is 57.8. The summed E-state index contributed by atoms with van der Waals surface area (Å²) in [5, 5.41) is 0. The summed E-state index contributed by atoms with van der Waals surface area (Å²) < 4.78 is 16.9. The van der Waals surface area contributed by atoms with Gasteiger partial charge >= 0.3 is 17.9 Å². The summed E-state index contributed by atoms with van der Waals surface area (Å²) >= 11 is 0. The van der Waals surface area contributed by atoms with Crippen LogP contribution in [0.15, 0.2) is 72.9 Å². The fourth-order valence-electron chi connectivity index (χ4n) is 8.86. The van der Waals surface area contributed by atoms with E-state index < -0.39 is 6.10 Å². The first kappa shape index (κ1) is 68.8. The van der Waals surface area contributed by atoms with Gasteiger partial charge in [0.05, 0.1) is 0 Å². The Labute approximate surface area is 446 Å². The van der Waals surface area contributed by atoms with Gasteiger partial charge in [-0.25, -0.2) is 0 Å². The predicted octanol–water partition coefficient (Wildman–Crippen LogP) is 20.9. The molecule has 0 amide bonds. The van der Waals surface area contributed by atoms with Gasteiger partial charge in [0.25, 0.3) is 0 Å². The highest BCUT2D eigenvalue weighted by atomic mass is 16.6. The van der Waals surface area contributed by atoms with Gasteiger partial charge in [-0.2, -0.15) is 0 Å². The summed E-state index contributed by atoms with van der Waals surface area (Å²) in [6.07, 6.45) is 77.6. The van der Waals surface area contributed by atoms with Crippen LogP contribution >= 0.6 is 0 Å². The molecule has 0 bridgehead atoms. The van der Waals surface area contributed by atoms with E-state index in [1.54, 1.807) is 0 Å². The number of hydrogen-bond acceptors (Lipinski definition) is 6. The zero-order valence-electron chi connectivity index (χ0n) is 47.7. The van der Waals surface area contributed by atoms with E-state index in [4.69, 9.17) is 14.2 Å².